The molecule has 4 heteroatoms. The molecule has 1 aromatic rings. The molecule has 1 heterocycles. The average molecular weight is 285 g/mol. The van der Waals surface area contributed by atoms with Gasteiger partial charge >= 0.3 is 0 Å². The maximum Gasteiger partial charge on any atom is 0.0459 e. The van der Waals surface area contributed by atoms with Gasteiger partial charge in [0.25, 0.3) is 0 Å². The summed E-state index contributed by atoms with van der Waals surface area (Å²) in [5.74, 6) is 2.47. The minimum absolute atomic E-state index is 0.134. The zero-order valence-electron chi connectivity index (χ0n) is 11.0. The van der Waals surface area contributed by atoms with Gasteiger partial charge in [-0.25, -0.2) is 0 Å². The third-order valence-electron chi connectivity index (χ3n) is 3.45. The number of anilines is 1. The second-order valence-electron chi connectivity index (χ2n) is 5.05. The first-order chi connectivity index (χ1) is 8.59. The molecule has 0 aromatic heterocycles. The van der Waals surface area contributed by atoms with E-state index in [0.717, 1.165) is 11.4 Å². The third-order valence-corrected chi connectivity index (χ3v) is 4.95. The Kier molecular flexibility index (Phi) is 4.82. The smallest absolute Gasteiger partial charge is 0.0459 e. The Labute approximate surface area is 119 Å². The summed E-state index contributed by atoms with van der Waals surface area (Å²) in [6.45, 7) is 2.03. The Hall–Kier alpha value is -0.380. The van der Waals surface area contributed by atoms with Crippen molar-refractivity contribution in [2.24, 2.45) is 5.73 Å². The fraction of sp³-hybridized carbons (Fsp3) is 0.571. The van der Waals surface area contributed by atoms with Crippen molar-refractivity contribution in [1.82, 2.24) is 0 Å². The number of hydrogen-bond acceptors (Lipinski definition) is 3. The molecule has 0 bridgehead atoms. The highest BCUT2D eigenvalue weighted by atomic mass is 35.5. The molecule has 1 fully saturated rings. The summed E-state index contributed by atoms with van der Waals surface area (Å²) in [4.78, 5) is 2.38. The molecule has 1 aromatic carbocycles. The Morgan fingerprint density at radius 2 is 2.33 bits per heavy atom. The molecule has 18 heavy (non-hydrogen) atoms. The maximum atomic E-state index is 6.34. The van der Waals surface area contributed by atoms with Gasteiger partial charge in [0.05, 0.1) is 0 Å². The second-order valence-corrected chi connectivity index (χ2v) is 6.60. The fourth-order valence-corrected chi connectivity index (χ4v) is 3.94. The lowest BCUT2D eigenvalue weighted by Gasteiger charge is -2.29. The van der Waals surface area contributed by atoms with Crippen LogP contribution in [0.4, 0.5) is 5.69 Å². The van der Waals surface area contributed by atoms with Crippen LogP contribution in [-0.2, 0) is 6.42 Å². The lowest BCUT2D eigenvalue weighted by molar-refractivity contribution is 0.687. The number of hydrogen-bond donors (Lipinski definition) is 1. The van der Waals surface area contributed by atoms with E-state index < -0.39 is 0 Å². The highest BCUT2D eigenvalue weighted by Gasteiger charge is 2.22. The minimum Gasteiger partial charge on any atom is -0.370 e. The van der Waals surface area contributed by atoms with Crippen LogP contribution in [0.25, 0.3) is 0 Å². The van der Waals surface area contributed by atoms with E-state index in [1.807, 2.05) is 30.8 Å². The van der Waals surface area contributed by atoms with E-state index in [0.29, 0.717) is 6.04 Å². The van der Waals surface area contributed by atoms with E-state index >= 15 is 0 Å². The third kappa shape index (κ3) is 3.14. The van der Waals surface area contributed by atoms with E-state index in [4.69, 9.17) is 17.3 Å². The van der Waals surface area contributed by atoms with Gasteiger partial charge in [-0.3, -0.25) is 0 Å². The minimum atomic E-state index is 0.134. The van der Waals surface area contributed by atoms with Gasteiger partial charge in [0.1, 0.15) is 0 Å². The monoisotopic (exact) mass is 284 g/mol. The number of benzene rings is 1. The first kappa shape index (κ1) is 14.0. The van der Waals surface area contributed by atoms with Crippen LogP contribution in [-0.4, -0.2) is 30.6 Å². The van der Waals surface area contributed by atoms with Crippen LogP contribution in [0.5, 0.6) is 0 Å². The molecule has 100 valence electrons. The SMILES string of the molecule is CC(N)Cc1c(Cl)cccc1N(C)C1CCSC1. The van der Waals surface area contributed by atoms with E-state index in [1.54, 1.807) is 0 Å². The van der Waals surface area contributed by atoms with Crippen molar-refractivity contribution in [3.05, 3.63) is 28.8 Å². The van der Waals surface area contributed by atoms with Crippen LogP contribution >= 0.6 is 23.4 Å². The molecule has 0 spiro atoms. The van der Waals surface area contributed by atoms with Crippen LogP contribution in [0.15, 0.2) is 18.2 Å². The van der Waals surface area contributed by atoms with Crippen molar-refractivity contribution in [1.29, 1.82) is 0 Å². The van der Waals surface area contributed by atoms with Gasteiger partial charge in [0.2, 0.25) is 0 Å². The number of rotatable bonds is 4. The van der Waals surface area contributed by atoms with Crippen molar-refractivity contribution in [3.8, 4) is 0 Å². The van der Waals surface area contributed by atoms with E-state index in [2.05, 4.69) is 18.0 Å². The normalized spacial score (nSPS) is 21.0. The number of nitrogens with two attached hydrogens (primary N) is 1. The molecule has 1 saturated heterocycles. The lowest BCUT2D eigenvalue weighted by Crippen LogP contribution is -2.32. The van der Waals surface area contributed by atoms with Crippen molar-refractivity contribution in [2.45, 2.75) is 31.8 Å². The predicted octanol–water partition coefficient (Wildman–Crippen LogP) is 3.17. The van der Waals surface area contributed by atoms with Gasteiger partial charge in [-0.05, 0) is 43.2 Å². The van der Waals surface area contributed by atoms with Crippen molar-refractivity contribution < 1.29 is 0 Å². The van der Waals surface area contributed by atoms with E-state index in [9.17, 15) is 0 Å². The molecule has 1 aliphatic heterocycles. The Bertz CT molecular complexity index is 403. The molecule has 0 aliphatic carbocycles. The second kappa shape index (κ2) is 6.18. The summed E-state index contributed by atoms with van der Waals surface area (Å²) in [5.41, 5.74) is 8.37. The quantitative estimate of drug-likeness (QED) is 0.921. The summed E-state index contributed by atoms with van der Waals surface area (Å²) in [5, 5.41) is 0.835. The average Bonchev–Trinajstić information content (AvgIpc) is 2.84. The first-order valence-electron chi connectivity index (χ1n) is 6.43. The van der Waals surface area contributed by atoms with Crippen LogP contribution in [0.1, 0.15) is 18.9 Å². The molecule has 2 N–H and O–H groups in total. The number of nitrogens with zero attached hydrogens (tertiary/aromatic N) is 1. The predicted molar refractivity (Wildman–Crippen MR) is 82.9 cm³/mol. The zero-order valence-corrected chi connectivity index (χ0v) is 12.6. The molecule has 0 amide bonds. The number of thioether (sulfide) groups is 1. The standard InChI is InChI=1S/C14H21ClN2S/c1-10(16)8-12-13(15)4-3-5-14(12)17(2)11-6-7-18-9-11/h3-5,10-11H,6-9,16H2,1-2H3. The summed E-state index contributed by atoms with van der Waals surface area (Å²) < 4.78 is 0. The van der Waals surface area contributed by atoms with E-state index in [1.165, 1.54) is 29.2 Å². The van der Waals surface area contributed by atoms with Gasteiger partial charge in [-0.2, -0.15) is 11.8 Å². The number of halogens is 1. The van der Waals surface area contributed by atoms with Crippen molar-refractivity contribution in [3.63, 3.8) is 0 Å². The molecule has 2 rings (SSSR count). The first-order valence-corrected chi connectivity index (χ1v) is 7.96. The van der Waals surface area contributed by atoms with Crippen LogP contribution in [0, 0.1) is 0 Å². The molecule has 1 aliphatic rings. The molecule has 2 nitrogen and oxygen atoms in total. The lowest BCUT2D eigenvalue weighted by atomic mass is 10.0. The zero-order chi connectivity index (χ0) is 13.1. The summed E-state index contributed by atoms with van der Waals surface area (Å²) in [6, 6.07) is 6.91. The van der Waals surface area contributed by atoms with Gasteiger partial charge in [-0.1, -0.05) is 17.7 Å². The van der Waals surface area contributed by atoms with Crippen LogP contribution in [0.2, 0.25) is 5.02 Å². The van der Waals surface area contributed by atoms with Gasteiger partial charge in [-0.15, -0.1) is 0 Å². The fourth-order valence-electron chi connectivity index (χ4n) is 2.43. The summed E-state index contributed by atoms with van der Waals surface area (Å²) in [7, 11) is 2.17. The van der Waals surface area contributed by atoms with Crippen LogP contribution in [0.3, 0.4) is 0 Å². The van der Waals surface area contributed by atoms with Gasteiger partial charge < -0.3 is 10.6 Å². The highest BCUT2D eigenvalue weighted by Crippen LogP contribution is 2.32. The van der Waals surface area contributed by atoms with Gasteiger partial charge in [0, 0.05) is 35.6 Å². The molecule has 2 unspecified atom stereocenters. The Morgan fingerprint density at radius 3 is 2.94 bits per heavy atom. The Morgan fingerprint density at radius 1 is 1.56 bits per heavy atom. The molecular weight excluding hydrogens is 264 g/mol. The largest absolute Gasteiger partial charge is 0.370 e. The molecular formula is C14H21ClN2S. The molecule has 2 atom stereocenters. The summed E-state index contributed by atoms with van der Waals surface area (Å²) in [6.07, 6.45) is 2.09. The molecule has 0 radical (unpaired) electrons. The summed E-state index contributed by atoms with van der Waals surface area (Å²) >= 11 is 8.37. The highest BCUT2D eigenvalue weighted by molar-refractivity contribution is 7.99. The van der Waals surface area contributed by atoms with Crippen molar-refractivity contribution in [2.75, 3.05) is 23.5 Å². The van der Waals surface area contributed by atoms with Gasteiger partial charge in [0.15, 0.2) is 0 Å². The van der Waals surface area contributed by atoms with Crippen LogP contribution < -0.4 is 10.6 Å². The Balaban J connectivity index is 2.27. The molecule has 0 saturated carbocycles. The maximum absolute atomic E-state index is 6.34. The van der Waals surface area contributed by atoms with Crippen molar-refractivity contribution >= 4 is 29.1 Å². The topological polar surface area (TPSA) is 29.3 Å². The van der Waals surface area contributed by atoms with E-state index in [-0.39, 0.29) is 6.04 Å².